The lowest BCUT2D eigenvalue weighted by atomic mass is 9.88. The van der Waals surface area contributed by atoms with E-state index in [2.05, 4.69) is 15.2 Å². The van der Waals surface area contributed by atoms with Crippen molar-refractivity contribution in [2.24, 2.45) is 11.8 Å². The summed E-state index contributed by atoms with van der Waals surface area (Å²) in [6, 6.07) is 3.30. The molecule has 154 valence electrons. The highest BCUT2D eigenvalue weighted by molar-refractivity contribution is 7.09. The van der Waals surface area contributed by atoms with E-state index >= 15 is 0 Å². The second kappa shape index (κ2) is 8.22. The molecule has 8 heteroatoms. The number of amides is 1. The molecular formula is C21H26N4O3S. The van der Waals surface area contributed by atoms with Gasteiger partial charge in [0.15, 0.2) is 0 Å². The minimum absolute atomic E-state index is 0.00104. The normalized spacial score (nSPS) is 26.0. The number of thiazole rings is 1. The lowest BCUT2D eigenvalue weighted by Crippen LogP contribution is -2.48. The van der Waals surface area contributed by atoms with Gasteiger partial charge in [-0.15, -0.1) is 11.3 Å². The molecule has 2 aromatic rings. The van der Waals surface area contributed by atoms with Crippen LogP contribution in [0.4, 0.5) is 0 Å². The van der Waals surface area contributed by atoms with Gasteiger partial charge in [-0.1, -0.05) is 12.2 Å². The Morgan fingerprint density at radius 2 is 2.28 bits per heavy atom. The van der Waals surface area contributed by atoms with E-state index in [0.29, 0.717) is 25.2 Å². The fourth-order valence-corrected chi connectivity index (χ4v) is 5.50. The van der Waals surface area contributed by atoms with Crippen LogP contribution in [0, 0.1) is 11.8 Å². The number of nitrogens with one attached hydrogen (secondary N) is 1. The van der Waals surface area contributed by atoms with Crippen molar-refractivity contribution in [3.63, 3.8) is 0 Å². The maximum Gasteiger partial charge on any atom is 0.258 e. The largest absolute Gasteiger partial charge is 0.396 e. The summed E-state index contributed by atoms with van der Waals surface area (Å²) >= 11 is 1.55. The number of aromatic nitrogens is 2. The van der Waals surface area contributed by atoms with Gasteiger partial charge in [-0.25, -0.2) is 4.98 Å². The highest BCUT2D eigenvalue weighted by atomic mass is 32.1. The van der Waals surface area contributed by atoms with Crippen LogP contribution in [-0.2, 0) is 17.9 Å². The topological polar surface area (TPSA) is 87.5 Å². The monoisotopic (exact) mass is 414 g/mol. The zero-order chi connectivity index (χ0) is 20.5. The Morgan fingerprint density at radius 1 is 1.45 bits per heavy atom. The van der Waals surface area contributed by atoms with Crippen molar-refractivity contribution < 1.29 is 9.90 Å². The summed E-state index contributed by atoms with van der Waals surface area (Å²) in [5.74, 6) is -0.311. The first kappa shape index (κ1) is 20.0. The van der Waals surface area contributed by atoms with Crippen LogP contribution in [0.3, 0.4) is 0 Å². The molecule has 0 radical (unpaired) electrons. The van der Waals surface area contributed by atoms with Gasteiger partial charge < -0.3 is 15.0 Å². The highest BCUT2D eigenvalue weighted by Gasteiger charge is 2.55. The fourth-order valence-electron chi connectivity index (χ4n) is 4.87. The molecule has 0 saturated carbocycles. The van der Waals surface area contributed by atoms with Gasteiger partial charge in [0.25, 0.3) is 5.56 Å². The Kier molecular flexibility index (Phi) is 5.67. The molecule has 7 nitrogen and oxygen atoms in total. The van der Waals surface area contributed by atoms with Crippen molar-refractivity contribution in [2.75, 3.05) is 13.2 Å². The molecule has 2 N–H and O–H groups in total. The molecule has 1 saturated heterocycles. The van der Waals surface area contributed by atoms with Crippen molar-refractivity contribution in [3.8, 4) is 0 Å². The SMILES string of the molecule is C/C=C\c1ccc2n(c1=O)C[C@H]1[C@H](CO)[C@@H](C(=O)NCC)N(Cc3nccs3)[C@@H]21. The first-order valence-electron chi connectivity index (χ1n) is 9.99. The molecule has 4 atom stereocenters. The number of likely N-dealkylation sites (tertiary alicyclic amines) is 1. The number of likely N-dealkylation sites (N-methyl/N-ethyl adjacent to an activating group) is 1. The molecule has 2 aliphatic heterocycles. The Hall–Kier alpha value is -2.29. The fraction of sp³-hybridized carbons (Fsp3) is 0.476. The van der Waals surface area contributed by atoms with Crippen molar-refractivity contribution in [1.82, 2.24) is 19.8 Å². The van der Waals surface area contributed by atoms with Gasteiger partial charge in [0.05, 0.1) is 18.6 Å². The summed E-state index contributed by atoms with van der Waals surface area (Å²) in [5, 5.41) is 16.0. The number of carbonyl (C=O) groups excluding carboxylic acids is 1. The molecular weight excluding hydrogens is 388 g/mol. The summed E-state index contributed by atoms with van der Waals surface area (Å²) < 4.78 is 1.82. The van der Waals surface area contributed by atoms with Crippen molar-refractivity contribution in [2.45, 2.75) is 39.0 Å². The number of allylic oxidation sites excluding steroid dienone is 1. The number of fused-ring (bicyclic) bond motifs is 3. The first-order valence-corrected chi connectivity index (χ1v) is 10.9. The summed E-state index contributed by atoms with van der Waals surface area (Å²) in [6.07, 6.45) is 5.43. The highest BCUT2D eigenvalue weighted by Crippen LogP contribution is 2.49. The van der Waals surface area contributed by atoms with Crippen LogP contribution >= 0.6 is 11.3 Å². The van der Waals surface area contributed by atoms with Gasteiger partial charge in [0, 0.05) is 54.4 Å². The molecule has 2 aromatic heterocycles. The minimum atomic E-state index is -0.446. The Balaban J connectivity index is 1.79. The summed E-state index contributed by atoms with van der Waals surface area (Å²) in [6.45, 7) is 5.26. The summed E-state index contributed by atoms with van der Waals surface area (Å²) in [4.78, 5) is 32.4. The Bertz CT molecular complexity index is 969. The van der Waals surface area contributed by atoms with E-state index in [9.17, 15) is 14.7 Å². The first-order chi connectivity index (χ1) is 14.1. The summed E-state index contributed by atoms with van der Waals surface area (Å²) in [5.41, 5.74) is 1.55. The van der Waals surface area contributed by atoms with Crippen molar-refractivity contribution in [1.29, 1.82) is 0 Å². The van der Waals surface area contributed by atoms with Crippen LogP contribution < -0.4 is 10.9 Å². The maximum atomic E-state index is 13.0. The van der Waals surface area contributed by atoms with Crippen LogP contribution in [0.5, 0.6) is 0 Å². The lowest BCUT2D eigenvalue weighted by Gasteiger charge is -2.30. The molecule has 0 aromatic carbocycles. The zero-order valence-corrected chi connectivity index (χ0v) is 17.4. The van der Waals surface area contributed by atoms with E-state index in [-0.39, 0.29) is 36.0 Å². The van der Waals surface area contributed by atoms with E-state index < -0.39 is 6.04 Å². The smallest absolute Gasteiger partial charge is 0.258 e. The van der Waals surface area contributed by atoms with E-state index in [1.807, 2.05) is 48.1 Å². The van der Waals surface area contributed by atoms with Gasteiger partial charge >= 0.3 is 0 Å². The average molecular weight is 415 g/mol. The van der Waals surface area contributed by atoms with Gasteiger partial charge in [0.1, 0.15) is 5.01 Å². The maximum absolute atomic E-state index is 13.0. The van der Waals surface area contributed by atoms with Crippen LogP contribution in [0.25, 0.3) is 6.08 Å². The number of carbonyl (C=O) groups is 1. The van der Waals surface area contributed by atoms with Crippen molar-refractivity contribution in [3.05, 3.63) is 56.4 Å². The zero-order valence-electron chi connectivity index (χ0n) is 16.6. The third-order valence-corrected chi connectivity index (χ3v) is 6.75. The van der Waals surface area contributed by atoms with E-state index in [1.54, 1.807) is 17.5 Å². The molecule has 4 heterocycles. The molecule has 0 bridgehead atoms. The number of hydrogen-bond donors (Lipinski definition) is 2. The Labute approximate surface area is 173 Å². The van der Waals surface area contributed by atoms with Crippen LogP contribution in [-0.4, -0.2) is 44.7 Å². The van der Waals surface area contributed by atoms with Gasteiger partial charge in [-0.3, -0.25) is 14.5 Å². The number of nitrogens with zero attached hydrogens (tertiary/aromatic N) is 3. The third-order valence-electron chi connectivity index (χ3n) is 5.99. The number of aliphatic hydroxyl groups is 1. The van der Waals surface area contributed by atoms with E-state index in [0.717, 1.165) is 10.7 Å². The minimum Gasteiger partial charge on any atom is -0.396 e. The standard InChI is InChI=1S/C21H26N4O3S/c1-3-5-13-6-7-16-18-14(10-24(16)21(13)28)15(12-26)19(20(27)22-4-2)25(18)11-17-23-8-9-29-17/h3,5-9,14-15,18-19,26H,4,10-12H2,1-2H3,(H,22,27)/b5-3-/t14-,15-,18+,19-/m0/s1. The van der Waals surface area contributed by atoms with Gasteiger partial charge in [0.2, 0.25) is 5.91 Å². The molecule has 29 heavy (non-hydrogen) atoms. The van der Waals surface area contributed by atoms with Crippen molar-refractivity contribution >= 4 is 23.3 Å². The van der Waals surface area contributed by atoms with Crippen LogP contribution in [0.2, 0.25) is 0 Å². The van der Waals surface area contributed by atoms with Gasteiger partial charge in [-0.2, -0.15) is 0 Å². The quantitative estimate of drug-likeness (QED) is 0.750. The number of hydrogen-bond acceptors (Lipinski definition) is 6. The van der Waals surface area contributed by atoms with E-state index in [1.165, 1.54) is 0 Å². The molecule has 4 rings (SSSR count). The molecule has 0 aliphatic carbocycles. The number of rotatable bonds is 6. The number of pyridine rings is 1. The van der Waals surface area contributed by atoms with Crippen LogP contribution in [0.15, 0.2) is 34.6 Å². The molecule has 0 unspecified atom stereocenters. The molecule has 1 fully saturated rings. The molecule has 0 spiro atoms. The third kappa shape index (κ3) is 3.35. The molecule has 1 amide bonds. The predicted molar refractivity (Wildman–Crippen MR) is 112 cm³/mol. The second-order valence-corrected chi connectivity index (χ2v) is 8.50. The van der Waals surface area contributed by atoms with Gasteiger partial charge in [-0.05, 0) is 26.0 Å². The number of aliphatic hydroxyl groups excluding tert-OH is 1. The van der Waals surface area contributed by atoms with Crippen LogP contribution in [0.1, 0.15) is 36.2 Å². The average Bonchev–Trinajstić information content (AvgIpc) is 3.40. The predicted octanol–water partition coefficient (Wildman–Crippen LogP) is 1.64. The molecule has 2 aliphatic rings. The van der Waals surface area contributed by atoms with E-state index in [4.69, 9.17) is 0 Å². The Morgan fingerprint density at radius 3 is 2.93 bits per heavy atom. The second-order valence-electron chi connectivity index (χ2n) is 7.52. The summed E-state index contributed by atoms with van der Waals surface area (Å²) in [7, 11) is 0. The lowest BCUT2D eigenvalue weighted by molar-refractivity contribution is -0.127.